The number of aromatic nitrogens is 2. The van der Waals surface area contributed by atoms with Gasteiger partial charge in [0, 0.05) is 11.6 Å². The van der Waals surface area contributed by atoms with E-state index in [0.717, 1.165) is 5.82 Å². The van der Waals surface area contributed by atoms with Crippen LogP contribution in [0.1, 0.15) is 32.3 Å². The molecule has 1 rings (SSSR count). The van der Waals surface area contributed by atoms with Crippen LogP contribution in [-0.2, 0) is 5.41 Å². The Morgan fingerprint density at radius 3 is 2.58 bits per heavy atom. The molecule has 0 spiro atoms. The van der Waals surface area contributed by atoms with E-state index >= 15 is 0 Å². The molecular formula is C10H12N2. The van der Waals surface area contributed by atoms with Crippen LogP contribution in [0.25, 0.3) is 0 Å². The average molecular weight is 160 g/mol. The lowest BCUT2D eigenvalue weighted by atomic mass is 9.96. The van der Waals surface area contributed by atoms with E-state index in [4.69, 9.17) is 6.42 Å². The molecule has 0 unspecified atom stereocenters. The van der Waals surface area contributed by atoms with Gasteiger partial charge < -0.3 is 0 Å². The quantitative estimate of drug-likeness (QED) is 0.540. The molecular weight excluding hydrogens is 148 g/mol. The Kier molecular flexibility index (Phi) is 2.14. The number of hydrogen-bond donors (Lipinski definition) is 0. The van der Waals surface area contributed by atoms with E-state index in [-0.39, 0.29) is 5.41 Å². The second kappa shape index (κ2) is 2.94. The van der Waals surface area contributed by atoms with Crippen LogP contribution in [0.2, 0.25) is 0 Å². The number of rotatable bonds is 0. The number of terminal acetylenes is 1. The monoisotopic (exact) mass is 160 g/mol. The lowest BCUT2D eigenvalue weighted by Gasteiger charge is -2.15. The Morgan fingerprint density at radius 2 is 2.08 bits per heavy atom. The van der Waals surface area contributed by atoms with Gasteiger partial charge in [-0.2, -0.15) is 0 Å². The molecule has 1 aromatic rings. The van der Waals surface area contributed by atoms with Crippen LogP contribution in [0.15, 0.2) is 12.3 Å². The zero-order chi connectivity index (χ0) is 9.19. The molecule has 0 bridgehead atoms. The minimum Gasteiger partial charge on any atom is -0.241 e. The second-order valence-corrected chi connectivity index (χ2v) is 3.66. The topological polar surface area (TPSA) is 25.8 Å². The van der Waals surface area contributed by atoms with Gasteiger partial charge in [-0.15, -0.1) is 6.42 Å². The van der Waals surface area contributed by atoms with Gasteiger partial charge in [0.05, 0.1) is 0 Å². The third kappa shape index (κ3) is 1.82. The van der Waals surface area contributed by atoms with E-state index in [0.29, 0.717) is 5.69 Å². The van der Waals surface area contributed by atoms with Crippen LogP contribution in [0.3, 0.4) is 0 Å². The Bertz CT molecular complexity index is 315. The summed E-state index contributed by atoms with van der Waals surface area (Å²) < 4.78 is 0. The van der Waals surface area contributed by atoms with Gasteiger partial charge in [-0.1, -0.05) is 26.7 Å². The van der Waals surface area contributed by atoms with Crippen molar-refractivity contribution in [2.75, 3.05) is 0 Å². The van der Waals surface area contributed by atoms with E-state index in [2.05, 4.69) is 36.7 Å². The summed E-state index contributed by atoms with van der Waals surface area (Å²) in [5, 5.41) is 0. The van der Waals surface area contributed by atoms with E-state index in [1.54, 1.807) is 12.3 Å². The molecule has 1 aromatic heterocycles. The molecule has 12 heavy (non-hydrogen) atoms. The van der Waals surface area contributed by atoms with E-state index in [9.17, 15) is 0 Å². The minimum atomic E-state index is -0.0349. The molecule has 0 aliphatic carbocycles. The normalized spacial score (nSPS) is 10.8. The summed E-state index contributed by atoms with van der Waals surface area (Å²) in [6.07, 6.45) is 6.92. The Balaban J connectivity index is 3.13. The standard InChI is InChI=1S/C10H12N2/c1-5-8-6-7-11-9(12-8)10(2,3)4/h1,6-7H,2-4H3. The maximum Gasteiger partial charge on any atom is 0.135 e. The van der Waals surface area contributed by atoms with Gasteiger partial charge in [-0.3, -0.25) is 0 Å². The van der Waals surface area contributed by atoms with Crippen LogP contribution in [0.4, 0.5) is 0 Å². The summed E-state index contributed by atoms with van der Waals surface area (Å²) in [5.74, 6) is 3.28. The van der Waals surface area contributed by atoms with Crippen molar-refractivity contribution in [2.24, 2.45) is 0 Å². The van der Waals surface area contributed by atoms with Crippen LogP contribution < -0.4 is 0 Å². The molecule has 62 valence electrons. The van der Waals surface area contributed by atoms with Crippen LogP contribution in [0.5, 0.6) is 0 Å². The Labute approximate surface area is 73.1 Å². The smallest absolute Gasteiger partial charge is 0.135 e. The van der Waals surface area contributed by atoms with Gasteiger partial charge >= 0.3 is 0 Å². The lowest BCUT2D eigenvalue weighted by molar-refractivity contribution is 0.544. The predicted molar refractivity (Wildman–Crippen MR) is 48.7 cm³/mol. The van der Waals surface area contributed by atoms with Crippen molar-refractivity contribution in [3.05, 3.63) is 23.8 Å². The molecule has 0 aliphatic rings. The largest absolute Gasteiger partial charge is 0.241 e. The highest BCUT2D eigenvalue weighted by atomic mass is 14.9. The van der Waals surface area contributed by atoms with Gasteiger partial charge in [0.25, 0.3) is 0 Å². The van der Waals surface area contributed by atoms with Crippen molar-refractivity contribution in [3.63, 3.8) is 0 Å². The molecule has 1 heterocycles. The van der Waals surface area contributed by atoms with Crippen molar-refractivity contribution in [1.82, 2.24) is 9.97 Å². The number of hydrogen-bond acceptors (Lipinski definition) is 2. The zero-order valence-electron chi connectivity index (χ0n) is 7.63. The third-order valence-corrected chi connectivity index (χ3v) is 1.47. The maximum atomic E-state index is 5.22. The molecule has 0 atom stereocenters. The molecule has 0 fully saturated rings. The van der Waals surface area contributed by atoms with Crippen LogP contribution in [0, 0.1) is 12.3 Å². The highest BCUT2D eigenvalue weighted by molar-refractivity contribution is 5.23. The Hall–Kier alpha value is -1.36. The third-order valence-electron chi connectivity index (χ3n) is 1.47. The molecule has 0 radical (unpaired) electrons. The fourth-order valence-corrected chi connectivity index (χ4v) is 0.800. The van der Waals surface area contributed by atoms with E-state index in [1.807, 2.05) is 0 Å². The fraction of sp³-hybridized carbons (Fsp3) is 0.400. The van der Waals surface area contributed by atoms with Crippen molar-refractivity contribution >= 4 is 0 Å². The lowest BCUT2D eigenvalue weighted by Crippen LogP contribution is -2.16. The molecule has 0 amide bonds. The first-order valence-corrected chi connectivity index (χ1v) is 3.84. The van der Waals surface area contributed by atoms with Crippen molar-refractivity contribution in [1.29, 1.82) is 0 Å². The van der Waals surface area contributed by atoms with Gasteiger partial charge in [-0.25, -0.2) is 9.97 Å². The summed E-state index contributed by atoms with van der Waals surface area (Å²) in [6.45, 7) is 6.17. The zero-order valence-corrected chi connectivity index (χ0v) is 7.63. The summed E-state index contributed by atoms with van der Waals surface area (Å²) in [4.78, 5) is 8.37. The molecule has 0 saturated heterocycles. The average Bonchev–Trinajstić information content (AvgIpc) is 2.03. The molecule has 2 nitrogen and oxygen atoms in total. The summed E-state index contributed by atoms with van der Waals surface area (Å²) >= 11 is 0. The first-order chi connectivity index (χ1) is 5.54. The van der Waals surface area contributed by atoms with Crippen molar-refractivity contribution in [3.8, 4) is 12.3 Å². The molecule has 0 aromatic carbocycles. The van der Waals surface area contributed by atoms with E-state index < -0.39 is 0 Å². The van der Waals surface area contributed by atoms with Gasteiger partial charge in [0.1, 0.15) is 11.5 Å². The first-order valence-electron chi connectivity index (χ1n) is 3.84. The van der Waals surface area contributed by atoms with Crippen LogP contribution in [-0.4, -0.2) is 9.97 Å². The molecule has 0 N–H and O–H groups in total. The first kappa shape index (κ1) is 8.73. The highest BCUT2D eigenvalue weighted by Gasteiger charge is 2.16. The summed E-state index contributed by atoms with van der Waals surface area (Å²) in [6, 6.07) is 1.73. The second-order valence-electron chi connectivity index (χ2n) is 3.66. The summed E-state index contributed by atoms with van der Waals surface area (Å²) in [7, 11) is 0. The van der Waals surface area contributed by atoms with Gasteiger partial charge in [-0.05, 0) is 6.07 Å². The number of nitrogens with zero attached hydrogens (tertiary/aromatic N) is 2. The molecule has 0 saturated carbocycles. The van der Waals surface area contributed by atoms with Crippen molar-refractivity contribution in [2.45, 2.75) is 26.2 Å². The minimum absolute atomic E-state index is 0.0349. The Morgan fingerprint density at radius 1 is 1.42 bits per heavy atom. The van der Waals surface area contributed by atoms with Crippen molar-refractivity contribution < 1.29 is 0 Å². The predicted octanol–water partition coefficient (Wildman–Crippen LogP) is 1.76. The maximum absolute atomic E-state index is 5.22. The van der Waals surface area contributed by atoms with Gasteiger partial charge in [0.2, 0.25) is 0 Å². The van der Waals surface area contributed by atoms with E-state index in [1.165, 1.54) is 0 Å². The SMILES string of the molecule is C#Cc1ccnc(C(C)(C)C)n1. The van der Waals surface area contributed by atoms with Crippen LogP contribution >= 0.6 is 0 Å². The fourth-order valence-electron chi connectivity index (χ4n) is 0.800. The summed E-state index contributed by atoms with van der Waals surface area (Å²) in [5.41, 5.74) is 0.613. The van der Waals surface area contributed by atoms with Gasteiger partial charge in [0.15, 0.2) is 0 Å². The molecule has 2 heteroatoms. The highest BCUT2D eigenvalue weighted by Crippen LogP contribution is 2.16. The molecule has 0 aliphatic heterocycles.